The Morgan fingerprint density at radius 1 is 1.30 bits per heavy atom. The summed E-state index contributed by atoms with van der Waals surface area (Å²) in [5, 5.41) is 11.8. The number of aliphatic hydroxyl groups excluding tert-OH is 1. The highest BCUT2D eigenvalue weighted by molar-refractivity contribution is 6.35. The fourth-order valence-electron chi connectivity index (χ4n) is 3.26. The van der Waals surface area contributed by atoms with Gasteiger partial charge in [0.05, 0.1) is 17.3 Å². The second-order valence-electron chi connectivity index (χ2n) is 6.78. The van der Waals surface area contributed by atoms with E-state index in [-0.39, 0.29) is 17.1 Å². The van der Waals surface area contributed by atoms with E-state index in [2.05, 4.69) is 13.8 Å². The molecule has 1 heterocycles. The molecular weight excluding hydrogens is 295 g/mol. The Labute approximate surface area is 131 Å². The smallest absolute Gasteiger partial charge is 0.0687 e. The van der Waals surface area contributed by atoms with Crippen LogP contribution in [0.5, 0.6) is 0 Å². The lowest BCUT2D eigenvalue weighted by Gasteiger charge is -2.30. The molecular formula is C16H22Cl2O2. The Kier molecular flexibility index (Phi) is 4.42. The molecule has 2 nitrogen and oxygen atoms in total. The lowest BCUT2D eigenvalue weighted by Crippen LogP contribution is -2.37. The van der Waals surface area contributed by atoms with Crippen LogP contribution in [-0.2, 0) is 11.2 Å². The number of aliphatic hydroxyl groups is 1. The van der Waals surface area contributed by atoms with Gasteiger partial charge in [-0.25, -0.2) is 0 Å². The zero-order chi connectivity index (χ0) is 15.1. The van der Waals surface area contributed by atoms with E-state index in [4.69, 9.17) is 27.9 Å². The summed E-state index contributed by atoms with van der Waals surface area (Å²) in [6, 6.07) is 5.39. The van der Waals surface area contributed by atoms with Gasteiger partial charge in [-0.05, 0) is 51.8 Å². The molecule has 112 valence electrons. The number of ether oxygens (including phenoxy) is 1. The lowest BCUT2D eigenvalue weighted by atomic mass is 9.81. The average Bonchev–Trinajstić information content (AvgIpc) is 2.50. The van der Waals surface area contributed by atoms with Crippen molar-refractivity contribution in [1.82, 2.24) is 0 Å². The fourth-order valence-corrected chi connectivity index (χ4v) is 3.74. The van der Waals surface area contributed by atoms with Crippen molar-refractivity contribution in [2.24, 2.45) is 5.92 Å². The van der Waals surface area contributed by atoms with Crippen LogP contribution in [0.4, 0.5) is 0 Å². The van der Waals surface area contributed by atoms with E-state index in [0.29, 0.717) is 16.5 Å². The van der Waals surface area contributed by atoms with Crippen LogP contribution in [0.15, 0.2) is 18.2 Å². The predicted molar refractivity (Wildman–Crippen MR) is 83.5 cm³/mol. The summed E-state index contributed by atoms with van der Waals surface area (Å²) in [6.07, 6.45) is 0.876. The maximum absolute atomic E-state index is 10.6. The molecule has 1 aliphatic heterocycles. The average molecular weight is 317 g/mol. The molecule has 1 N–H and O–H groups in total. The SMILES string of the molecule is CC1(C)CC(C(O)Cc2ccc(Cl)cc2Cl)C(C)(C)O1. The van der Waals surface area contributed by atoms with E-state index >= 15 is 0 Å². The summed E-state index contributed by atoms with van der Waals surface area (Å²) in [7, 11) is 0. The van der Waals surface area contributed by atoms with Crippen LogP contribution in [-0.4, -0.2) is 22.4 Å². The van der Waals surface area contributed by atoms with Crippen LogP contribution in [0.25, 0.3) is 0 Å². The van der Waals surface area contributed by atoms with Gasteiger partial charge >= 0.3 is 0 Å². The third-order valence-electron chi connectivity index (χ3n) is 4.05. The van der Waals surface area contributed by atoms with E-state index in [1.54, 1.807) is 12.1 Å². The van der Waals surface area contributed by atoms with Crippen molar-refractivity contribution in [2.75, 3.05) is 0 Å². The molecule has 0 bridgehead atoms. The largest absolute Gasteiger partial charge is 0.392 e. The zero-order valence-electron chi connectivity index (χ0n) is 12.4. The topological polar surface area (TPSA) is 29.5 Å². The minimum Gasteiger partial charge on any atom is -0.392 e. The Morgan fingerprint density at radius 2 is 1.95 bits per heavy atom. The van der Waals surface area contributed by atoms with Gasteiger partial charge < -0.3 is 9.84 Å². The summed E-state index contributed by atoms with van der Waals surface area (Å²) >= 11 is 12.1. The molecule has 1 aromatic rings. The first kappa shape index (κ1) is 16.1. The Bertz CT molecular complexity index is 497. The van der Waals surface area contributed by atoms with Crippen molar-refractivity contribution >= 4 is 23.2 Å². The van der Waals surface area contributed by atoms with Gasteiger partial charge in [0.2, 0.25) is 0 Å². The van der Waals surface area contributed by atoms with Gasteiger partial charge in [-0.2, -0.15) is 0 Å². The Morgan fingerprint density at radius 3 is 2.45 bits per heavy atom. The highest BCUT2D eigenvalue weighted by atomic mass is 35.5. The van der Waals surface area contributed by atoms with E-state index < -0.39 is 6.10 Å². The fraction of sp³-hybridized carbons (Fsp3) is 0.625. The van der Waals surface area contributed by atoms with Gasteiger partial charge in [0, 0.05) is 22.4 Å². The quantitative estimate of drug-likeness (QED) is 0.890. The highest BCUT2D eigenvalue weighted by Gasteiger charge is 2.48. The minimum absolute atomic E-state index is 0.0873. The van der Waals surface area contributed by atoms with Crippen molar-refractivity contribution in [3.05, 3.63) is 33.8 Å². The third kappa shape index (κ3) is 3.48. The number of halogens is 2. The number of hydrogen-bond donors (Lipinski definition) is 1. The predicted octanol–water partition coefficient (Wildman–Crippen LogP) is 4.49. The summed E-state index contributed by atoms with van der Waals surface area (Å²) in [5.74, 6) is 0.0873. The van der Waals surface area contributed by atoms with Crippen molar-refractivity contribution < 1.29 is 9.84 Å². The van der Waals surface area contributed by atoms with Gasteiger partial charge in [0.15, 0.2) is 0 Å². The molecule has 0 amide bonds. The van der Waals surface area contributed by atoms with Crippen LogP contribution in [0, 0.1) is 5.92 Å². The second-order valence-corrected chi connectivity index (χ2v) is 7.63. The molecule has 0 saturated carbocycles. The van der Waals surface area contributed by atoms with Gasteiger partial charge in [0.25, 0.3) is 0 Å². The Balaban J connectivity index is 2.14. The molecule has 20 heavy (non-hydrogen) atoms. The Hall–Kier alpha value is -0.280. The zero-order valence-corrected chi connectivity index (χ0v) is 13.9. The molecule has 1 fully saturated rings. The van der Waals surface area contributed by atoms with Crippen molar-refractivity contribution in [1.29, 1.82) is 0 Å². The molecule has 0 aliphatic carbocycles. The molecule has 1 aromatic carbocycles. The maximum Gasteiger partial charge on any atom is 0.0687 e. The number of hydrogen-bond acceptors (Lipinski definition) is 2. The first-order valence-corrected chi connectivity index (χ1v) is 7.68. The van der Waals surface area contributed by atoms with Gasteiger partial charge in [-0.15, -0.1) is 0 Å². The highest BCUT2D eigenvalue weighted by Crippen LogP contribution is 2.44. The third-order valence-corrected chi connectivity index (χ3v) is 4.64. The van der Waals surface area contributed by atoms with Gasteiger partial charge in [-0.1, -0.05) is 29.3 Å². The molecule has 4 heteroatoms. The molecule has 2 rings (SSSR count). The van der Waals surface area contributed by atoms with E-state index in [1.165, 1.54) is 0 Å². The molecule has 0 spiro atoms. The van der Waals surface area contributed by atoms with Crippen LogP contribution in [0.3, 0.4) is 0 Å². The summed E-state index contributed by atoms with van der Waals surface area (Å²) < 4.78 is 6.04. The molecule has 1 aliphatic rings. The summed E-state index contributed by atoms with van der Waals surface area (Å²) in [5.41, 5.74) is 0.393. The monoisotopic (exact) mass is 316 g/mol. The van der Waals surface area contributed by atoms with Crippen LogP contribution in [0.1, 0.15) is 39.7 Å². The van der Waals surface area contributed by atoms with Crippen molar-refractivity contribution in [3.63, 3.8) is 0 Å². The summed E-state index contributed by atoms with van der Waals surface area (Å²) in [6.45, 7) is 8.21. The first-order valence-electron chi connectivity index (χ1n) is 6.93. The number of rotatable bonds is 3. The summed E-state index contributed by atoms with van der Waals surface area (Å²) in [4.78, 5) is 0. The molecule has 2 atom stereocenters. The van der Waals surface area contributed by atoms with Crippen molar-refractivity contribution in [2.45, 2.75) is 57.8 Å². The van der Waals surface area contributed by atoms with Crippen LogP contribution < -0.4 is 0 Å². The van der Waals surface area contributed by atoms with Gasteiger partial charge in [-0.3, -0.25) is 0 Å². The maximum atomic E-state index is 10.6. The lowest BCUT2D eigenvalue weighted by molar-refractivity contribution is -0.0873. The molecule has 0 aromatic heterocycles. The number of benzene rings is 1. The van der Waals surface area contributed by atoms with E-state index in [9.17, 15) is 5.11 Å². The molecule has 1 saturated heterocycles. The van der Waals surface area contributed by atoms with Crippen LogP contribution >= 0.6 is 23.2 Å². The normalized spacial score (nSPS) is 25.6. The van der Waals surface area contributed by atoms with E-state index in [0.717, 1.165) is 12.0 Å². The van der Waals surface area contributed by atoms with Crippen molar-refractivity contribution in [3.8, 4) is 0 Å². The minimum atomic E-state index is -0.481. The molecule has 0 radical (unpaired) electrons. The standard InChI is InChI=1S/C16H22Cl2O2/c1-15(2)9-12(16(3,4)20-15)14(19)7-10-5-6-11(17)8-13(10)18/h5-6,8,12,14,19H,7,9H2,1-4H3. The second kappa shape index (κ2) is 5.49. The first-order chi connectivity index (χ1) is 9.11. The van der Waals surface area contributed by atoms with Crippen LogP contribution in [0.2, 0.25) is 10.0 Å². The van der Waals surface area contributed by atoms with Gasteiger partial charge in [0.1, 0.15) is 0 Å². The van der Waals surface area contributed by atoms with E-state index in [1.807, 2.05) is 19.9 Å². The molecule has 2 unspecified atom stereocenters.